The maximum absolute atomic E-state index is 12.5. The topological polar surface area (TPSA) is 54.0 Å². The van der Waals surface area contributed by atoms with Crippen LogP contribution in [-0.4, -0.2) is 23.0 Å². The first-order valence-electron chi connectivity index (χ1n) is 7.15. The largest absolute Gasteiger partial charge is 0.323 e. The highest BCUT2D eigenvalue weighted by molar-refractivity contribution is 5.99. The number of carbonyl (C=O) groups excluding carboxylic acids is 1. The van der Waals surface area contributed by atoms with Crippen LogP contribution in [0.5, 0.6) is 0 Å². The number of nitrogens with zero attached hydrogens (tertiary/aromatic N) is 1. The van der Waals surface area contributed by atoms with E-state index in [9.17, 15) is 4.79 Å². The van der Waals surface area contributed by atoms with Crippen LogP contribution >= 0.6 is 0 Å². The van der Waals surface area contributed by atoms with Crippen LogP contribution in [-0.2, 0) is 4.79 Å². The number of rotatable bonds is 3. The summed E-state index contributed by atoms with van der Waals surface area (Å²) in [5.74, 6) is 0.0505. The highest BCUT2D eigenvalue weighted by Gasteiger charge is 2.39. The number of nitrogens with one attached hydrogen (secondary N) is 2. The highest BCUT2D eigenvalue weighted by Crippen LogP contribution is 2.25. The van der Waals surface area contributed by atoms with Crippen LogP contribution in [0.1, 0.15) is 26.2 Å². The molecule has 3 rings (SSSR count). The monoisotopic (exact) mass is 269 g/mol. The van der Waals surface area contributed by atoms with E-state index in [1.54, 1.807) is 6.20 Å². The van der Waals surface area contributed by atoms with Gasteiger partial charge in [-0.15, -0.1) is 0 Å². The maximum Gasteiger partial charge on any atom is 0.244 e. The van der Waals surface area contributed by atoms with E-state index >= 15 is 0 Å². The standard InChI is InChI=1S/C16H19N3O/c1-2-16(8-5-9-18-16)15(20)19-13-10-12-6-3-4-7-14(12)17-11-13/h3-4,6-7,10-11,18H,2,5,8-9H2,1H3,(H,19,20). The van der Waals surface area contributed by atoms with Gasteiger partial charge in [0, 0.05) is 5.39 Å². The molecule has 104 valence electrons. The second-order valence-corrected chi connectivity index (χ2v) is 5.34. The Hall–Kier alpha value is -1.94. The molecule has 0 saturated carbocycles. The van der Waals surface area contributed by atoms with E-state index in [2.05, 4.69) is 22.5 Å². The molecular weight excluding hydrogens is 250 g/mol. The average Bonchev–Trinajstić information content (AvgIpc) is 2.97. The fourth-order valence-corrected chi connectivity index (χ4v) is 2.85. The Balaban J connectivity index is 1.83. The molecule has 0 radical (unpaired) electrons. The molecule has 1 atom stereocenters. The molecule has 2 N–H and O–H groups in total. The van der Waals surface area contributed by atoms with Gasteiger partial charge in [0.15, 0.2) is 0 Å². The second kappa shape index (κ2) is 5.21. The number of pyridine rings is 1. The lowest BCUT2D eigenvalue weighted by Gasteiger charge is -2.26. The van der Waals surface area contributed by atoms with Crippen LogP contribution in [0.15, 0.2) is 36.5 Å². The summed E-state index contributed by atoms with van der Waals surface area (Å²) in [6, 6.07) is 9.87. The molecular formula is C16H19N3O. The van der Waals surface area contributed by atoms with E-state index < -0.39 is 5.54 Å². The molecule has 2 aromatic rings. The lowest BCUT2D eigenvalue weighted by Crippen LogP contribution is -2.50. The number of anilines is 1. The van der Waals surface area contributed by atoms with Crippen molar-refractivity contribution in [2.45, 2.75) is 31.7 Å². The Labute approximate surface area is 118 Å². The summed E-state index contributed by atoms with van der Waals surface area (Å²) in [5, 5.41) is 7.39. The minimum absolute atomic E-state index is 0.0505. The average molecular weight is 269 g/mol. The van der Waals surface area contributed by atoms with E-state index in [-0.39, 0.29) is 5.91 Å². The number of hydrogen-bond donors (Lipinski definition) is 2. The third kappa shape index (κ3) is 2.27. The molecule has 1 unspecified atom stereocenters. The van der Waals surface area contributed by atoms with Gasteiger partial charge in [-0.05, 0) is 37.9 Å². The Bertz CT molecular complexity index is 632. The molecule has 4 heteroatoms. The minimum Gasteiger partial charge on any atom is -0.323 e. The van der Waals surface area contributed by atoms with Gasteiger partial charge in [-0.3, -0.25) is 9.78 Å². The number of amides is 1. The predicted molar refractivity (Wildman–Crippen MR) is 80.6 cm³/mol. The number of para-hydroxylation sites is 1. The molecule has 0 spiro atoms. The van der Waals surface area contributed by atoms with Gasteiger partial charge in [-0.1, -0.05) is 25.1 Å². The van der Waals surface area contributed by atoms with Crippen LogP contribution in [0, 0.1) is 0 Å². The summed E-state index contributed by atoms with van der Waals surface area (Å²) in [6.07, 6.45) is 4.48. The van der Waals surface area contributed by atoms with E-state index in [1.165, 1.54) is 0 Å². The van der Waals surface area contributed by atoms with Gasteiger partial charge in [-0.2, -0.15) is 0 Å². The second-order valence-electron chi connectivity index (χ2n) is 5.34. The normalized spacial score (nSPS) is 22.1. The zero-order valence-corrected chi connectivity index (χ0v) is 11.6. The van der Waals surface area contributed by atoms with Gasteiger partial charge >= 0.3 is 0 Å². The van der Waals surface area contributed by atoms with Gasteiger partial charge < -0.3 is 10.6 Å². The van der Waals surface area contributed by atoms with E-state index in [0.717, 1.165) is 42.4 Å². The number of carbonyl (C=O) groups is 1. The van der Waals surface area contributed by atoms with Crippen molar-refractivity contribution < 1.29 is 4.79 Å². The first kappa shape index (κ1) is 13.1. The first-order chi connectivity index (χ1) is 9.73. The Kier molecular flexibility index (Phi) is 3.40. The van der Waals surface area contributed by atoms with Gasteiger partial charge in [0.1, 0.15) is 0 Å². The van der Waals surface area contributed by atoms with Crippen molar-refractivity contribution in [2.24, 2.45) is 0 Å². The van der Waals surface area contributed by atoms with Gasteiger partial charge in [-0.25, -0.2) is 0 Å². The van der Waals surface area contributed by atoms with Crippen molar-refractivity contribution in [2.75, 3.05) is 11.9 Å². The Morgan fingerprint density at radius 3 is 3.05 bits per heavy atom. The van der Waals surface area contributed by atoms with Crippen LogP contribution in [0.3, 0.4) is 0 Å². The van der Waals surface area contributed by atoms with Crippen molar-refractivity contribution in [3.63, 3.8) is 0 Å². The van der Waals surface area contributed by atoms with E-state index in [0.29, 0.717) is 0 Å². The molecule has 0 bridgehead atoms. The number of benzene rings is 1. The Morgan fingerprint density at radius 1 is 1.45 bits per heavy atom. The summed E-state index contributed by atoms with van der Waals surface area (Å²) in [7, 11) is 0. The fourth-order valence-electron chi connectivity index (χ4n) is 2.85. The van der Waals surface area contributed by atoms with Crippen LogP contribution < -0.4 is 10.6 Å². The van der Waals surface area contributed by atoms with Crippen molar-refractivity contribution in [3.05, 3.63) is 36.5 Å². The van der Waals surface area contributed by atoms with Crippen LogP contribution in [0.25, 0.3) is 10.9 Å². The van der Waals surface area contributed by atoms with Gasteiger partial charge in [0.05, 0.1) is 22.9 Å². The zero-order valence-electron chi connectivity index (χ0n) is 11.6. The maximum atomic E-state index is 12.5. The van der Waals surface area contributed by atoms with E-state index in [1.807, 2.05) is 30.3 Å². The Morgan fingerprint density at radius 2 is 2.30 bits per heavy atom. The van der Waals surface area contributed by atoms with E-state index in [4.69, 9.17) is 0 Å². The van der Waals surface area contributed by atoms with Crippen LogP contribution in [0.4, 0.5) is 5.69 Å². The first-order valence-corrected chi connectivity index (χ1v) is 7.15. The summed E-state index contributed by atoms with van der Waals surface area (Å²) in [4.78, 5) is 16.9. The molecule has 4 nitrogen and oxygen atoms in total. The number of fused-ring (bicyclic) bond motifs is 1. The molecule has 1 aliphatic heterocycles. The van der Waals surface area contributed by atoms with Gasteiger partial charge in [0.25, 0.3) is 0 Å². The quantitative estimate of drug-likeness (QED) is 0.900. The SMILES string of the molecule is CCC1(C(=O)Nc2cnc3ccccc3c2)CCCN1. The lowest BCUT2D eigenvalue weighted by molar-refractivity contribution is -0.122. The molecule has 1 aliphatic rings. The molecule has 0 aliphatic carbocycles. The summed E-state index contributed by atoms with van der Waals surface area (Å²) in [6.45, 7) is 2.97. The smallest absolute Gasteiger partial charge is 0.244 e. The van der Waals surface area contributed by atoms with Gasteiger partial charge in [0.2, 0.25) is 5.91 Å². The highest BCUT2D eigenvalue weighted by atomic mass is 16.2. The summed E-state index contributed by atoms with van der Waals surface area (Å²) >= 11 is 0. The number of hydrogen-bond acceptors (Lipinski definition) is 3. The predicted octanol–water partition coefficient (Wildman–Crippen LogP) is 2.71. The third-order valence-corrected chi connectivity index (χ3v) is 4.13. The fraction of sp³-hybridized carbons (Fsp3) is 0.375. The lowest BCUT2D eigenvalue weighted by atomic mass is 9.93. The summed E-state index contributed by atoms with van der Waals surface area (Å²) < 4.78 is 0. The molecule has 1 saturated heterocycles. The zero-order chi connectivity index (χ0) is 14.0. The third-order valence-electron chi connectivity index (χ3n) is 4.13. The van der Waals surface area contributed by atoms with Crippen LogP contribution in [0.2, 0.25) is 0 Å². The van der Waals surface area contributed by atoms with Crippen molar-refractivity contribution >= 4 is 22.5 Å². The molecule has 20 heavy (non-hydrogen) atoms. The molecule has 1 fully saturated rings. The molecule has 1 aromatic heterocycles. The summed E-state index contributed by atoms with van der Waals surface area (Å²) in [5.41, 5.74) is 1.29. The molecule has 2 heterocycles. The number of aromatic nitrogens is 1. The van der Waals surface area contributed by atoms with Crippen molar-refractivity contribution in [3.8, 4) is 0 Å². The molecule has 1 amide bonds. The molecule has 1 aromatic carbocycles. The van der Waals surface area contributed by atoms with Crippen molar-refractivity contribution in [1.29, 1.82) is 0 Å². The van der Waals surface area contributed by atoms with Crippen molar-refractivity contribution in [1.82, 2.24) is 10.3 Å². The minimum atomic E-state index is -0.411.